The highest BCUT2D eigenvalue weighted by Gasteiger charge is 2.18. The molecule has 0 saturated heterocycles. The Morgan fingerprint density at radius 3 is 3.00 bits per heavy atom. The van der Waals surface area contributed by atoms with Crippen molar-refractivity contribution in [2.24, 2.45) is 7.05 Å². The molecule has 0 aliphatic rings. The van der Waals surface area contributed by atoms with Crippen molar-refractivity contribution in [1.82, 2.24) is 14.8 Å². The number of ketones is 1. The van der Waals surface area contributed by atoms with Crippen LogP contribution >= 0.6 is 22.9 Å². The number of halogens is 1. The molecule has 0 aromatic carbocycles. The summed E-state index contributed by atoms with van der Waals surface area (Å²) in [5.41, 5.74) is 1.80. The second kappa shape index (κ2) is 4.19. The van der Waals surface area contributed by atoms with Gasteiger partial charge in [-0.25, -0.2) is 0 Å². The van der Waals surface area contributed by atoms with Crippen molar-refractivity contribution in [3.05, 3.63) is 46.2 Å². The summed E-state index contributed by atoms with van der Waals surface area (Å²) in [5, 5.41) is 6.26. The van der Waals surface area contributed by atoms with Crippen LogP contribution in [0.3, 0.4) is 0 Å². The van der Waals surface area contributed by atoms with Gasteiger partial charge in [-0.1, -0.05) is 11.6 Å². The first kappa shape index (κ1) is 11.4. The first-order valence-electron chi connectivity index (χ1n) is 5.22. The second-order valence-corrected chi connectivity index (χ2v) is 5.18. The fraction of sp³-hybridized carbons (Fsp3) is 0.0833. The topological polar surface area (TPSA) is 47.8 Å². The van der Waals surface area contributed by atoms with Gasteiger partial charge in [0.2, 0.25) is 5.78 Å². The summed E-state index contributed by atoms with van der Waals surface area (Å²) >= 11 is 7.52. The number of pyridine rings is 1. The summed E-state index contributed by atoms with van der Waals surface area (Å²) in [5.74, 6) is -0.164. The largest absolute Gasteiger partial charge is 0.287 e. The molecular formula is C12H8ClN3OS. The Hall–Kier alpha value is -1.72. The molecule has 6 heteroatoms. The Balaban J connectivity index is 2.11. The van der Waals surface area contributed by atoms with Gasteiger partial charge in [-0.3, -0.25) is 14.5 Å². The zero-order valence-corrected chi connectivity index (χ0v) is 11.0. The van der Waals surface area contributed by atoms with Gasteiger partial charge >= 0.3 is 0 Å². The van der Waals surface area contributed by atoms with E-state index in [1.165, 1.54) is 10.9 Å². The third-order valence-electron chi connectivity index (χ3n) is 2.67. The van der Waals surface area contributed by atoms with Crippen molar-refractivity contribution < 1.29 is 4.79 Å². The molecular weight excluding hydrogens is 270 g/mol. The summed E-state index contributed by atoms with van der Waals surface area (Å²) in [7, 11) is 1.69. The summed E-state index contributed by atoms with van der Waals surface area (Å²) in [6.07, 6.45) is 3.03. The van der Waals surface area contributed by atoms with E-state index in [1.807, 2.05) is 17.5 Å². The Labute approximate surface area is 112 Å². The molecule has 0 aliphatic carbocycles. The molecule has 90 valence electrons. The van der Waals surface area contributed by atoms with Gasteiger partial charge < -0.3 is 0 Å². The number of fused-ring (bicyclic) bond motifs is 1. The van der Waals surface area contributed by atoms with Crippen molar-refractivity contribution >= 4 is 38.9 Å². The lowest BCUT2D eigenvalue weighted by Gasteiger charge is -2.02. The van der Waals surface area contributed by atoms with Gasteiger partial charge in [0, 0.05) is 18.8 Å². The molecule has 4 nitrogen and oxygen atoms in total. The van der Waals surface area contributed by atoms with Gasteiger partial charge in [-0.05, 0) is 17.5 Å². The number of nitrogens with zero attached hydrogens (tertiary/aromatic N) is 3. The fourth-order valence-electron chi connectivity index (χ4n) is 1.77. The van der Waals surface area contributed by atoms with E-state index in [2.05, 4.69) is 10.1 Å². The van der Waals surface area contributed by atoms with Crippen molar-refractivity contribution in [2.75, 3.05) is 0 Å². The summed E-state index contributed by atoms with van der Waals surface area (Å²) in [6.45, 7) is 0. The van der Waals surface area contributed by atoms with Gasteiger partial charge in [0.1, 0.15) is 5.69 Å². The molecule has 0 radical (unpaired) electrons. The third-order valence-corrected chi connectivity index (χ3v) is 3.80. The van der Waals surface area contributed by atoms with E-state index in [1.54, 1.807) is 24.6 Å². The number of thiophene rings is 1. The maximum absolute atomic E-state index is 12.3. The number of aromatic nitrogens is 3. The minimum Gasteiger partial charge on any atom is -0.287 e. The van der Waals surface area contributed by atoms with Crippen LogP contribution in [0.15, 0.2) is 29.9 Å². The highest BCUT2D eigenvalue weighted by molar-refractivity contribution is 7.17. The van der Waals surface area contributed by atoms with Gasteiger partial charge in [0.05, 0.1) is 21.4 Å². The van der Waals surface area contributed by atoms with Crippen molar-refractivity contribution in [3.8, 4) is 0 Å². The van der Waals surface area contributed by atoms with Gasteiger partial charge in [-0.2, -0.15) is 5.10 Å². The standard InChI is InChI=1S/C12H8ClN3OS/c1-16-11(8(13)6-15-16)12(17)7-4-10-9(14-5-7)2-3-18-10/h2-6H,1H3. The second-order valence-electron chi connectivity index (χ2n) is 3.82. The minimum absolute atomic E-state index is 0.164. The molecule has 3 aromatic rings. The van der Waals surface area contributed by atoms with Crippen LogP contribution in [0.1, 0.15) is 16.1 Å². The highest BCUT2D eigenvalue weighted by atomic mass is 35.5. The SMILES string of the molecule is Cn1ncc(Cl)c1C(=O)c1cnc2ccsc2c1. The summed E-state index contributed by atoms with van der Waals surface area (Å²) < 4.78 is 2.46. The lowest BCUT2D eigenvalue weighted by atomic mass is 10.1. The summed E-state index contributed by atoms with van der Waals surface area (Å²) in [4.78, 5) is 16.6. The lowest BCUT2D eigenvalue weighted by Crippen LogP contribution is -2.09. The lowest BCUT2D eigenvalue weighted by molar-refractivity contribution is 0.103. The van der Waals surface area contributed by atoms with Gasteiger partial charge in [0.15, 0.2) is 0 Å². The summed E-state index contributed by atoms with van der Waals surface area (Å²) in [6, 6.07) is 3.75. The molecule has 0 unspecified atom stereocenters. The van der Waals surface area contributed by atoms with Crippen LogP contribution in [0.5, 0.6) is 0 Å². The normalized spacial score (nSPS) is 11.0. The van der Waals surface area contributed by atoms with Crippen molar-refractivity contribution in [1.29, 1.82) is 0 Å². The predicted octanol–water partition coefficient (Wildman–Crippen LogP) is 2.91. The van der Waals surface area contributed by atoms with Crippen LogP contribution in [-0.4, -0.2) is 20.5 Å². The Morgan fingerprint density at radius 1 is 1.44 bits per heavy atom. The minimum atomic E-state index is -0.164. The van der Waals surface area contributed by atoms with E-state index in [4.69, 9.17) is 11.6 Å². The molecule has 3 heterocycles. The van der Waals surface area contributed by atoms with Crippen LogP contribution < -0.4 is 0 Å². The van der Waals surface area contributed by atoms with E-state index >= 15 is 0 Å². The number of carbonyl (C=O) groups is 1. The zero-order chi connectivity index (χ0) is 12.7. The number of aryl methyl sites for hydroxylation is 1. The zero-order valence-electron chi connectivity index (χ0n) is 9.42. The van der Waals surface area contributed by atoms with E-state index in [-0.39, 0.29) is 5.78 Å². The molecule has 3 rings (SSSR count). The molecule has 0 saturated carbocycles. The number of rotatable bonds is 2. The van der Waals surface area contributed by atoms with Gasteiger partial charge in [-0.15, -0.1) is 11.3 Å². The molecule has 0 bridgehead atoms. The van der Waals surface area contributed by atoms with E-state index in [9.17, 15) is 4.79 Å². The first-order chi connectivity index (χ1) is 8.66. The van der Waals surface area contributed by atoms with E-state index < -0.39 is 0 Å². The highest BCUT2D eigenvalue weighted by Crippen LogP contribution is 2.23. The molecule has 0 spiro atoms. The Kier molecular flexibility index (Phi) is 2.65. The number of hydrogen-bond acceptors (Lipinski definition) is 4. The molecule has 0 atom stereocenters. The van der Waals surface area contributed by atoms with Crippen LogP contribution in [0.2, 0.25) is 5.02 Å². The number of carbonyl (C=O) groups excluding carboxylic acids is 1. The third kappa shape index (κ3) is 1.72. The maximum Gasteiger partial charge on any atom is 0.214 e. The Bertz CT molecular complexity index is 727. The van der Waals surface area contributed by atoms with E-state index in [0.717, 1.165) is 10.2 Å². The smallest absolute Gasteiger partial charge is 0.214 e. The van der Waals surface area contributed by atoms with Crippen LogP contribution in [0, 0.1) is 0 Å². The van der Waals surface area contributed by atoms with Crippen molar-refractivity contribution in [2.45, 2.75) is 0 Å². The molecule has 0 N–H and O–H groups in total. The quantitative estimate of drug-likeness (QED) is 0.677. The van der Waals surface area contributed by atoms with Crippen LogP contribution in [-0.2, 0) is 7.05 Å². The van der Waals surface area contributed by atoms with Crippen LogP contribution in [0.4, 0.5) is 0 Å². The van der Waals surface area contributed by atoms with Crippen molar-refractivity contribution in [3.63, 3.8) is 0 Å². The Morgan fingerprint density at radius 2 is 2.28 bits per heavy atom. The first-order valence-corrected chi connectivity index (χ1v) is 6.48. The van der Waals surface area contributed by atoms with Gasteiger partial charge in [0.25, 0.3) is 0 Å². The average molecular weight is 278 g/mol. The molecule has 0 amide bonds. The molecule has 0 fully saturated rings. The average Bonchev–Trinajstić information content (AvgIpc) is 2.94. The van der Waals surface area contributed by atoms with Crippen LogP contribution in [0.25, 0.3) is 10.2 Å². The molecule has 3 aromatic heterocycles. The molecule has 18 heavy (non-hydrogen) atoms. The van der Waals surface area contributed by atoms with E-state index in [0.29, 0.717) is 16.3 Å². The number of hydrogen-bond donors (Lipinski definition) is 0. The fourth-order valence-corrected chi connectivity index (χ4v) is 2.81. The molecule has 0 aliphatic heterocycles. The maximum atomic E-state index is 12.3. The monoisotopic (exact) mass is 277 g/mol. The predicted molar refractivity (Wildman–Crippen MR) is 71.3 cm³/mol.